The lowest BCUT2D eigenvalue weighted by molar-refractivity contribution is -0.135. The molecule has 8 nitrogen and oxygen atoms in total. The molecule has 2 aromatic rings. The SMILES string of the molecule is CCCCCCCCCC(=O)Oc1ccc(/C=C/C(=O)CC(=O)/C=C/c2ccc(OC(=O)CCCCCCCCC)c(OC)c2)cc1OC. The lowest BCUT2D eigenvalue weighted by Crippen LogP contribution is -2.08. The molecule has 0 aliphatic carbocycles. The van der Waals surface area contributed by atoms with Crippen molar-refractivity contribution in [2.24, 2.45) is 0 Å². The summed E-state index contributed by atoms with van der Waals surface area (Å²) in [4.78, 5) is 49.6. The summed E-state index contributed by atoms with van der Waals surface area (Å²) in [5.41, 5.74) is 1.32. The zero-order chi connectivity index (χ0) is 35.7. The Labute approximate surface area is 293 Å². The number of carbonyl (C=O) groups is 4. The van der Waals surface area contributed by atoms with Gasteiger partial charge in [-0.15, -0.1) is 0 Å². The van der Waals surface area contributed by atoms with Gasteiger partial charge in [-0.05, 0) is 60.4 Å². The van der Waals surface area contributed by atoms with E-state index in [0.29, 0.717) is 47.0 Å². The molecule has 0 saturated heterocycles. The van der Waals surface area contributed by atoms with E-state index in [1.807, 2.05) is 0 Å². The van der Waals surface area contributed by atoms with Gasteiger partial charge in [0.05, 0.1) is 20.6 Å². The lowest BCUT2D eigenvalue weighted by atomic mass is 10.1. The molecule has 0 aliphatic heterocycles. The van der Waals surface area contributed by atoms with Crippen molar-refractivity contribution in [2.45, 2.75) is 123 Å². The van der Waals surface area contributed by atoms with Gasteiger partial charge in [0.15, 0.2) is 34.6 Å². The first-order valence-corrected chi connectivity index (χ1v) is 18.0. The fourth-order valence-corrected chi connectivity index (χ4v) is 5.21. The first-order chi connectivity index (χ1) is 23.8. The number of ether oxygens (including phenoxy) is 4. The molecule has 0 radical (unpaired) electrons. The number of methoxy groups -OCH3 is 2. The molecule has 8 heteroatoms. The van der Waals surface area contributed by atoms with E-state index in [0.717, 1.165) is 38.5 Å². The number of hydrogen-bond donors (Lipinski definition) is 0. The van der Waals surface area contributed by atoms with Crippen molar-refractivity contribution in [3.8, 4) is 23.0 Å². The molecular weight excluding hydrogens is 620 g/mol. The maximum absolute atomic E-state index is 12.5. The van der Waals surface area contributed by atoms with Crippen LogP contribution in [0.4, 0.5) is 0 Å². The maximum atomic E-state index is 12.5. The number of hydrogen-bond acceptors (Lipinski definition) is 8. The zero-order valence-corrected chi connectivity index (χ0v) is 30.1. The van der Waals surface area contributed by atoms with E-state index in [-0.39, 0.29) is 29.9 Å². The molecule has 0 fully saturated rings. The fourth-order valence-electron chi connectivity index (χ4n) is 5.21. The average Bonchev–Trinajstić information content (AvgIpc) is 3.09. The van der Waals surface area contributed by atoms with E-state index in [9.17, 15) is 19.2 Å². The number of ketones is 2. The molecule has 0 aliphatic rings. The maximum Gasteiger partial charge on any atom is 0.311 e. The molecule has 268 valence electrons. The topological polar surface area (TPSA) is 105 Å². The normalized spacial score (nSPS) is 11.2. The number of rotatable bonds is 26. The summed E-state index contributed by atoms with van der Waals surface area (Å²) in [6.45, 7) is 4.38. The Bertz CT molecular complexity index is 1270. The van der Waals surface area contributed by atoms with Crippen LogP contribution in [-0.2, 0) is 19.2 Å². The number of benzene rings is 2. The molecule has 0 heterocycles. The quantitative estimate of drug-likeness (QED) is 0.0319. The van der Waals surface area contributed by atoms with Gasteiger partial charge >= 0.3 is 11.9 Å². The summed E-state index contributed by atoms with van der Waals surface area (Å²) in [6, 6.07) is 10.0. The van der Waals surface area contributed by atoms with E-state index in [1.54, 1.807) is 48.6 Å². The molecule has 0 bridgehead atoms. The van der Waals surface area contributed by atoms with Crippen molar-refractivity contribution in [1.29, 1.82) is 0 Å². The second-order valence-electron chi connectivity index (χ2n) is 12.3. The van der Waals surface area contributed by atoms with Gasteiger partial charge in [-0.3, -0.25) is 19.2 Å². The third-order valence-corrected chi connectivity index (χ3v) is 8.06. The molecule has 0 saturated carbocycles. The third-order valence-electron chi connectivity index (χ3n) is 8.06. The van der Waals surface area contributed by atoms with Gasteiger partial charge in [0.1, 0.15) is 0 Å². The van der Waals surface area contributed by atoms with Crippen LogP contribution in [0.2, 0.25) is 0 Å². The Hall–Kier alpha value is -4.20. The molecule has 0 spiro atoms. The van der Waals surface area contributed by atoms with Gasteiger partial charge < -0.3 is 18.9 Å². The second-order valence-corrected chi connectivity index (χ2v) is 12.3. The highest BCUT2D eigenvalue weighted by Gasteiger charge is 2.13. The Kier molecular flexibility index (Phi) is 20.8. The van der Waals surface area contributed by atoms with E-state index in [4.69, 9.17) is 18.9 Å². The van der Waals surface area contributed by atoms with Crippen LogP contribution in [0.15, 0.2) is 48.6 Å². The van der Waals surface area contributed by atoms with Crippen molar-refractivity contribution in [2.75, 3.05) is 14.2 Å². The molecule has 49 heavy (non-hydrogen) atoms. The van der Waals surface area contributed by atoms with Crippen molar-refractivity contribution < 1.29 is 38.1 Å². The second kappa shape index (κ2) is 24.9. The minimum Gasteiger partial charge on any atom is -0.493 e. The molecule has 0 aromatic heterocycles. The van der Waals surface area contributed by atoms with Crippen LogP contribution in [0.25, 0.3) is 12.2 Å². The largest absolute Gasteiger partial charge is 0.493 e. The van der Waals surface area contributed by atoms with E-state index in [2.05, 4.69) is 13.8 Å². The summed E-state index contributed by atoms with van der Waals surface area (Å²) in [7, 11) is 2.97. The van der Waals surface area contributed by atoms with Crippen LogP contribution >= 0.6 is 0 Å². The van der Waals surface area contributed by atoms with E-state index >= 15 is 0 Å². The molecule has 0 N–H and O–H groups in total. The Balaban J connectivity index is 1.82. The summed E-state index contributed by atoms with van der Waals surface area (Å²) in [5, 5.41) is 0. The first kappa shape index (κ1) is 41.0. The number of esters is 2. The van der Waals surface area contributed by atoms with Crippen LogP contribution in [0.3, 0.4) is 0 Å². The van der Waals surface area contributed by atoms with E-state index in [1.165, 1.54) is 77.7 Å². The predicted molar refractivity (Wildman–Crippen MR) is 195 cm³/mol. The summed E-state index contributed by atoms with van der Waals surface area (Å²) in [6.07, 6.45) is 21.9. The highest BCUT2D eigenvalue weighted by Crippen LogP contribution is 2.30. The molecule has 0 amide bonds. The van der Waals surface area contributed by atoms with Gasteiger partial charge in [0.25, 0.3) is 0 Å². The molecule has 2 aromatic carbocycles. The van der Waals surface area contributed by atoms with Gasteiger partial charge in [-0.1, -0.05) is 115 Å². The molecule has 2 rings (SSSR count). The minimum atomic E-state index is -0.361. The van der Waals surface area contributed by atoms with Crippen LogP contribution in [-0.4, -0.2) is 37.7 Å². The highest BCUT2D eigenvalue weighted by molar-refractivity contribution is 6.10. The fraction of sp³-hybridized carbons (Fsp3) is 0.512. The monoisotopic (exact) mass is 676 g/mol. The van der Waals surface area contributed by atoms with Crippen LogP contribution in [0.1, 0.15) is 134 Å². The molecule has 0 unspecified atom stereocenters. The van der Waals surface area contributed by atoms with Crippen molar-refractivity contribution in [3.05, 3.63) is 59.7 Å². The minimum absolute atomic E-state index is 0.302. The molecule has 0 atom stereocenters. The van der Waals surface area contributed by atoms with E-state index < -0.39 is 0 Å². The van der Waals surface area contributed by atoms with Crippen molar-refractivity contribution in [1.82, 2.24) is 0 Å². The number of unbranched alkanes of at least 4 members (excludes halogenated alkanes) is 12. The number of carbonyl (C=O) groups excluding carboxylic acids is 4. The Morgan fingerprint density at radius 1 is 0.510 bits per heavy atom. The lowest BCUT2D eigenvalue weighted by Gasteiger charge is -2.10. The first-order valence-electron chi connectivity index (χ1n) is 18.0. The Morgan fingerprint density at radius 2 is 0.878 bits per heavy atom. The smallest absolute Gasteiger partial charge is 0.311 e. The van der Waals surface area contributed by atoms with Crippen LogP contribution in [0, 0.1) is 0 Å². The van der Waals surface area contributed by atoms with Crippen molar-refractivity contribution in [3.63, 3.8) is 0 Å². The van der Waals surface area contributed by atoms with Gasteiger partial charge in [-0.2, -0.15) is 0 Å². The Morgan fingerprint density at radius 3 is 1.24 bits per heavy atom. The number of allylic oxidation sites excluding steroid dienone is 2. The van der Waals surface area contributed by atoms with Crippen LogP contribution < -0.4 is 18.9 Å². The predicted octanol–water partition coefficient (Wildman–Crippen LogP) is 10.1. The van der Waals surface area contributed by atoms with Gasteiger partial charge in [0, 0.05) is 12.8 Å². The van der Waals surface area contributed by atoms with Crippen LogP contribution in [0.5, 0.6) is 23.0 Å². The van der Waals surface area contributed by atoms with Crippen molar-refractivity contribution >= 4 is 35.7 Å². The summed E-state index contributed by atoms with van der Waals surface area (Å²) < 4.78 is 21.8. The zero-order valence-electron chi connectivity index (χ0n) is 30.1. The molecular formula is C41H56O8. The van der Waals surface area contributed by atoms with Gasteiger partial charge in [-0.25, -0.2) is 0 Å². The van der Waals surface area contributed by atoms with Gasteiger partial charge in [0.2, 0.25) is 0 Å². The third kappa shape index (κ3) is 17.7. The standard InChI is InChI=1S/C41H56O8/c1-5-7-9-11-13-15-17-19-40(44)48-36-27-23-32(29-38(36)46-3)21-25-34(42)31-35(43)26-22-33-24-28-37(39(30-33)47-4)49-41(45)20-18-16-14-12-10-8-6-2/h21-30H,5-20,31H2,1-4H3/b25-21+,26-22+. The summed E-state index contributed by atoms with van der Waals surface area (Å²) >= 11 is 0. The highest BCUT2D eigenvalue weighted by atomic mass is 16.6. The average molecular weight is 677 g/mol. The summed E-state index contributed by atoms with van der Waals surface area (Å²) in [5.74, 6) is 0.0831.